The van der Waals surface area contributed by atoms with Gasteiger partial charge < -0.3 is 20.4 Å². The molecular weight excluding hydrogens is 220 g/mol. The Labute approximate surface area is 100 Å². The standard InChI is InChI=1S/C11H18N4O2/c12-11(2-7-17-8-11)10(16)14-3-1-5-15-6-4-13-9-15/h4,6,9H,1-3,5,7-8,12H2,(H,14,16). The van der Waals surface area contributed by atoms with Crippen LogP contribution in [0, 0.1) is 0 Å². The second-order valence-corrected chi connectivity index (χ2v) is 4.37. The van der Waals surface area contributed by atoms with Crippen molar-refractivity contribution in [2.45, 2.75) is 24.9 Å². The van der Waals surface area contributed by atoms with Crippen LogP contribution >= 0.6 is 0 Å². The highest BCUT2D eigenvalue weighted by Crippen LogP contribution is 2.15. The Hall–Kier alpha value is -1.40. The van der Waals surface area contributed by atoms with Crippen molar-refractivity contribution in [1.29, 1.82) is 0 Å². The molecule has 1 atom stereocenters. The number of aryl methyl sites for hydroxylation is 1. The zero-order valence-electron chi connectivity index (χ0n) is 9.76. The first kappa shape index (κ1) is 12.1. The average molecular weight is 238 g/mol. The molecule has 1 saturated heterocycles. The van der Waals surface area contributed by atoms with Gasteiger partial charge in [-0.15, -0.1) is 0 Å². The minimum Gasteiger partial charge on any atom is -0.379 e. The molecule has 0 aromatic carbocycles. The van der Waals surface area contributed by atoms with Crippen LogP contribution in [0.15, 0.2) is 18.7 Å². The largest absolute Gasteiger partial charge is 0.379 e. The number of carbonyl (C=O) groups excluding carboxylic acids is 1. The Balaban J connectivity index is 1.66. The van der Waals surface area contributed by atoms with Crippen LogP contribution in [-0.2, 0) is 16.1 Å². The van der Waals surface area contributed by atoms with E-state index in [0.717, 1.165) is 13.0 Å². The number of nitrogens with one attached hydrogen (secondary N) is 1. The maximum atomic E-state index is 11.8. The lowest BCUT2D eigenvalue weighted by molar-refractivity contribution is -0.126. The molecule has 1 aliphatic rings. The Morgan fingerprint density at radius 3 is 3.18 bits per heavy atom. The predicted molar refractivity (Wildman–Crippen MR) is 62.2 cm³/mol. The lowest BCUT2D eigenvalue weighted by Gasteiger charge is -2.20. The zero-order chi connectivity index (χ0) is 12.1. The van der Waals surface area contributed by atoms with E-state index >= 15 is 0 Å². The first-order chi connectivity index (χ1) is 8.21. The molecule has 2 rings (SSSR count). The van der Waals surface area contributed by atoms with Crippen LogP contribution < -0.4 is 11.1 Å². The Kier molecular flexibility index (Phi) is 3.75. The molecule has 6 heteroatoms. The summed E-state index contributed by atoms with van der Waals surface area (Å²) in [6, 6.07) is 0. The summed E-state index contributed by atoms with van der Waals surface area (Å²) in [5.74, 6) is -0.111. The van der Waals surface area contributed by atoms with Gasteiger partial charge in [0.2, 0.25) is 5.91 Å². The van der Waals surface area contributed by atoms with E-state index in [1.165, 1.54) is 0 Å². The van der Waals surface area contributed by atoms with E-state index in [0.29, 0.717) is 26.2 Å². The van der Waals surface area contributed by atoms with Gasteiger partial charge in [0, 0.05) is 32.1 Å². The number of hydrogen-bond donors (Lipinski definition) is 2. The third-order valence-electron chi connectivity index (χ3n) is 2.94. The van der Waals surface area contributed by atoms with Gasteiger partial charge in [0.15, 0.2) is 0 Å². The monoisotopic (exact) mass is 238 g/mol. The SMILES string of the molecule is NC1(C(=O)NCCCn2ccnc2)CCOC1. The molecule has 0 radical (unpaired) electrons. The van der Waals surface area contributed by atoms with Crippen LogP contribution in [0.25, 0.3) is 0 Å². The molecule has 17 heavy (non-hydrogen) atoms. The molecule has 1 aromatic rings. The maximum absolute atomic E-state index is 11.8. The van der Waals surface area contributed by atoms with Crippen molar-refractivity contribution in [3.8, 4) is 0 Å². The molecule has 1 unspecified atom stereocenters. The van der Waals surface area contributed by atoms with E-state index < -0.39 is 5.54 Å². The first-order valence-electron chi connectivity index (χ1n) is 5.81. The summed E-state index contributed by atoms with van der Waals surface area (Å²) in [7, 11) is 0. The minimum atomic E-state index is -0.824. The minimum absolute atomic E-state index is 0.111. The number of hydrogen-bond acceptors (Lipinski definition) is 4. The number of aromatic nitrogens is 2. The summed E-state index contributed by atoms with van der Waals surface area (Å²) in [6.45, 7) is 2.35. The van der Waals surface area contributed by atoms with Crippen molar-refractivity contribution >= 4 is 5.91 Å². The number of nitrogens with two attached hydrogens (primary N) is 1. The Morgan fingerprint density at radius 1 is 1.65 bits per heavy atom. The highest BCUT2D eigenvalue weighted by Gasteiger charge is 2.37. The van der Waals surface area contributed by atoms with Gasteiger partial charge in [-0.25, -0.2) is 4.98 Å². The van der Waals surface area contributed by atoms with Crippen molar-refractivity contribution in [2.24, 2.45) is 5.73 Å². The zero-order valence-corrected chi connectivity index (χ0v) is 9.76. The number of nitrogens with zero attached hydrogens (tertiary/aromatic N) is 2. The van der Waals surface area contributed by atoms with Crippen molar-refractivity contribution in [1.82, 2.24) is 14.9 Å². The lowest BCUT2D eigenvalue weighted by Crippen LogP contribution is -2.54. The molecule has 1 fully saturated rings. The summed E-state index contributed by atoms with van der Waals surface area (Å²) in [4.78, 5) is 15.7. The van der Waals surface area contributed by atoms with Crippen LogP contribution in [0.3, 0.4) is 0 Å². The molecule has 0 aliphatic carbocycles. The Morgan fingerprint density at radius 2 is 2.53 bits per heavy atom. The van der Waals surface area contributed by atoms with E-state index in [-0.39, 0.29) is 5.91 Å². The smallest absolute Gasteiger partial charge is 0.242 e. The fraction of sp³-hybridized carbons (Fsp3) is 0.636. The second kappa shape index (κ2) is 5.29. The van der Waals surface area contributed by atoms with Crippen LogP contribution in [0.1, 0.15) is 12.8 Å². The molecule has 1 amide bonds. The average Bonchev–Trinajstić information content (AvgIpc) is 2.96. The summed E-state index contributed by atoms with van der Waals surface area (Å²) < 4.78 is 7.12. The summed E-state index contributed by atoms with van der Waals surface area (Å²) >= 11 is 0. The molecule has 2 heterocycles. The van der Waals surface area contributed by atoms with Gasteiger partial charge in [-0.2, -0.15) is 0 Å². The number of ether oxygens (including phenoxy) is 1. The predicted octanol–water partition coefficient (Wildman–Crippen LogP) is -0.493. The van der Waals surface area contributed by atoms with Gasteiger partial charge in [0.05, 0.1) is 12.9 Å². The quantitative estimate of drug-likeness (QED) is 0.678. The van der Waals surface area contributed by atoms with Gasteiger partial charge in [-0.05, 0) is 12.8 Å². The van der Waals surface area contributed by atoms with Crippen LogP contribution in [0.4, 0.5) is 0 Å². The maximum Gasteiger partial charge on any atom is 0.242 e. The van der Waals surface area contributed by atoms with Gasteiger partial charge in [0.1, 0.15) is 5.54 Å². The summed E-state index contributed by atoms with van der Waals surface area (Å²) in [5.41, 5.74) is 5.10. The number of rotatable bonds is 5. The highest BCUT2D eigenvalue weighted by atomic mass is 16.5. The second-order valence-electron chi connectivity index (χ2n) is 4.37. The van der Waals surface area contributed by atoms with Crippen molar-refractivity contribution < 1.29 is 9.53 Å². The van der Waals surface area contributed by atoms with E-state index in [9.17, 15) is 4.79 Å². The molecule has 0 bridgehead atoms. The van der Waals surface area contributed by atoms with Gasteiger partial charge in [-0.3, -0.25) is 4.79 Å². The van der Waals surface area contributed by atoms with Crippen molar-refractivity contribution in [3.63, 3.8) is 0 Å². The Bertz CT molecular complexity index is 358. The third-order valence-corrected chi connectivity index (χ3v) is 2.94. The van der Waals surface area contributed by atoms with E-state index in [1.54, 1.807) is 12.5 Å². The van der Waals surface area contributed by atoms with E-state index in [1.807, 2.05) is 10.8 Å². The third kappa shape index (κ3) is 3.04. The molecule has 94 valence electrons. The lowest BCUT2D eigenvalue weighted by atomic mass is 9.99. The fourth-order valence-electron chi connectivity index (χ4n) is 1.82. The summed E-state index contributed by atoms with van der Waals surface area (Å²) in [6.07, 6.45) is 6.86. The normalized spacial score (nSPS) is 23.8. The molecule has 0 spiro atoms. The fourth-order valence-corrected chi connectivity index (χ4v) is 1.82. The number of carbonyl (C=O) groups is 1. The molecule has 0 saturated carbocycles. The van der Waals surface area contributed by atoms with Gasteiger partial charge >= 0.3 is 0 Å². The van der Waals surface area contributed by atoms with Gasteiger partial charge in [-0.1, -0.05) is 0 Å². The molecular formula is C11H18N4O2. The highest BCUT2D eigenvalue weighted by molar-refractivity contribution is 5.86. The van der Waals surface area contributed by atoms with Crippen LogP contribution in [0.2, 0.25) is 0 Å². The van der Waals surface area contributed by atoms with E-state index in [2.05, 4.69) is 10.3 Å². The van der Waals surface area contributed by atoms with Crippen LogP contribution in [0.5, 0.6) is 0 Å². The molecule has 6 nitrogen and oxygen atoms in total. The summed E-state index contributed by atoms with van der Waals surface area (Å²) in [5, 5.41) is 2.85. The first-order valence-corrected chi connectivity index (χ1v) is 5.81. The molecule has 1 aliphatic heterocycles. The van der Waals surface area contributed by atoms with Crippen LogP contribution in [-0.4, -0.2) is 40.8 Å². The number of amides is 1. The number of imidazole rings is 1. The van der Waals surface area contributed by atoms with Crippen molar-refractivity contribution in [3.05, 3.63) is 18.7 Å². The topological polar surface area (TPSA) is 82.2 Å². The molecule has 3 N–H and O–H groups in total. The van der Waals surface area contributed by atoms with Crippen molar-refractivity contribution in [2.75, 3.05) is 19.8 Å². The molecule has 1 aromatic heterocycles. The van der Waals surface area contributed by atoms with E-state index in [4.69, 9.17) is 10.5 Å². The van der Waals surface area contributed by atoms with Gasteiger partial charge in [0.25, 0.3) is 0 Å².